The highest BCUT2D eigenvalue weighted by Gasteiger charge is 2.14. The van der Waals surface area contributed by atoms with Crippen LogP contribution in [0.2, 0.25) is 0 Å². The Bertz CT molecular complexity index is 659. The van der Waals surface area contributed by atoms with Crippen molar-refractivity contribution in [3.05, 3.63) is 34.4 Å². The van der Waals surface area contributed by atoms with Crippen LogP contribution >= 0.6 is 22.9 Å². The lowest BCUT2D eigenvalue weighted by Gasteiger charge is -2.00. The molecule has 0 saturated heterocycles. The minimum absolute atomic E-state index is 0.0299. The van der Waals surface area contributed by atoms with Gasteiger partial charge in [0.15, 0.2) is 0 Å². The second-order valence-corrected chi connectivity index (χ2v) is 5.46. The first kappa shape index (κ1) is 14.4. The summed E-state index contributed by atoms with van der Waals surface area (Å²) in [5.74, 6) is -0.381. The van der Waals surface area contributed by atoms with E-state index in [1.807, 2.05) is 0 Å². The third-order valence-electron chi connectivity index (χ3n) is 2.32. The zero-order valence-electron chi connectivity index (χ0n) is 10.2. The number of nitro benzene ring substituents is 1. The molecular formula is C11H9ClN4O3S. The highest BCUT2D eigenvalue weighted by molar-refractivity contribution is 7.18. The first-order valence-corrected chi connectivity index (χ1v) is 6.76. The van der Waals surface area contributed by atoms with Crippen molar-refractivity contribution in [1.29, 1.82) is 0 Å². The van der Waals surface area contributed by atoms with Crippen LogP contribution in [0.5, 0.6) is 0 Å². The molecule has 1 aromatic heterocycles. The quantitative estimate of drug-likeness (QED) is 0.531. The lowest BCUT2D eigenvalue weighted by molar-refractivity contribution is -0.384. The van der Waals surface area contributed by atoms with E-state index >= 15 is 0 Å². The number of carbonyl (C=O) groups excluding carboxylic acids is 1. The van der Waals surface area contributed by atoms with Crippen LogP contribution in [-0.2, 0) is 4.79 Å². The lowest BCUT2D eigenvalue weighted by Crippen LogP contribution is -2.20. The molecule has 0 saturated carbocycles. The number of hydrogen-bond donors (Lipinski definition) is 1. The van der Waals surface area contributed by atoms with Crippen LogP contribution in [0, 0.1) is 10.1 Å². The number of nitrogens with zero attached hydrogens (tertiary/aromatic N) is 3. The number of nitrogens with one attached hydrogen (secondary N) is 1. The minimum Gasteiger partial charge on any atom is -0.299 e. The molecule has 1 atom stereocenters. The summed E-state index contributed by atoms with van der Waals surface area (Å²) < 4.78 is 0. The van der Waals surface area contributed by atoms with Gasteiger partial charge in [-0.25, -0.2) is 0 Å². The van der Waals surface area contributed by atoms with E-state index in [0.717, 1.165) is 11.3 Å². The normalized spacial score (nSPS) is 11.9. The Hall–Kier alpha value is -2.06. The molecular weight excluding hydrogens is 304 g/mol. The molecule has 0 aliphatic carbocycles. The van der Waals surface area contributed by atoms with E-state index in [4.69, 9.17) is 11.6 Å². The van der Waals surface area contributed by atoms with E-state index in [0.29, 0.717) is 15.7 Å². The number of nitro groups is 1. The molecule has 2 rings (SSSR count). The predicted molar refractivity (Wildman–Crippen MR) is 75.9 cm³/mol. The number of halogens is 1. The molecule has 0 aliphatic rings. The molecule has 9 heteroatoms. The number of non-ortho nitro benzene ring substituents is 1. The number of alkyl halides is 1. The monoisotopic (exact) mass is 312 g/mol. The van der Waals surface area contributed by atoms with Crippen molar-refractivity contribution >= 4 is 39.7 Å². The fourth-order valence-electron chi connectivity index (χ4n) is 1.35. The van der Waals surface area contributed by atoms with Gasteiger partial charge in [0.1, 0.15) is 10.4 Å². The molecule has 1 amide bonds. The van der Waals surface area contributed by atoms with Gasteiger partial charge in [0.25, 0.3) is 5.69 Å². The Morgan fingerprint density at radius 3 is 2.90 bits per heavy atom. The average Bonchev–Trinajstić information content (AvgIpc) is 2.87. The number of hydrogen-bond acceptors (Lipinski definition) is 6. The zero-order chi connectivity index (χ0) is 14.7. The first-order chi connectivity index (χ1) is 9.47. The molecule has 20 heavy (non-hydrogen) atoms. The van der Waals surface area contributed by atoms with Crippen LogP contribution < -0.4 is 5.32 Å². The molecule has 1 N–H and O–H groups in total. The van der Waals surface area contributed by atoms with Crippen LogP contribution in [0.15, 0.2) is 24.3 Å². The van der Waals surface area contributed by atoms with Gasteiger partial charge < -0.3 is 0 Å². The SMILES string of the molecule is C[C@H](Cl)C(=O)Nc1nnc(-c2cccc([N+](=O)[O-])c2)s1. The lowest BCUT2D eigenvalue weighted by atomic mass is 10.2. The molecule has 0 spiro atoms. The number of carbonyl (C=O) groups is 1. The summed E-state index contributed by atoms with van der Waals surface area (Å²) >= 11 is 6.74. The van der Waals surface area contributed by atoms with Crippen LogP contribution in [0.25, 0.3) is 10.6 Å². The molecule has 0 unspecified atom stereocenters. The zero-order valence-corrected chi connectivity index (χ0v) is 11.8. The summed E-state index contributed by atoms with van der Waals surface area (Å²) in [6.45, 7) is 1.54. The van der Waals surface area contributed by atoms with Crippen LogP contribution in [0.1, 0.15) is 6.92 Å². The van der Waals surface area contributed by atoms with Crippen LogP contribution in [0.4, 0.5) is 10.8 Å². The summed E-state index contributed by atoms with van der Waals surface area (Å²) in [5.41, 5.74) is 0.536. The van der Waals surface area contributed by atoms with E-state index < -0.39 is 10.3 Å². The third kappa shape index (κ3) is 3.28. The number of rotatable bonds is 4. The fraction of sp³-hybridized carbons (Fsp3) is 0.182. The summed E-state index contributed by atoms with van der Waals surface area (Å²) in [6.07, 6.45) is 0. The second-order valence-electron chi connectivity index (χ2n) is 3.83. The Labute approximate surface area is 122 Å². The van der Waals surface area contributed by atoms with Gasteiger partial charge in [-0.05, 0) is 6.92 Å². The summed E-state index contributed by atoms with van der Waals surface area (Å²) in [5, 5.41) is 21.0. The van der Waals surface area contributed by atoms with Crippen molar-refractivity contribution in [2.45, 2.75) is 12.3 Å². The topological polar surface area (TPSA) is 98.0 Å². The van der Waals surface area contributed by atoms with E-state index in [1.165, 1.54) is 12.1 Å². The summed E-state index contributed by atoms with van der Waals surface area (Å²) in [4.78, 5) is 21.6. The second kappa shape index (κ2) is 5.93. The average molecular weight is 313 g/mol. The fourth-order valence-corrected chi connectivity index (χ4v) is 2.15. The molecule has 0 aliphatic heterocycles. The minimum atomic E-state index is -0.680. The molecule has 1 aromatic carbocycles. The maximum atomic E-state index is 11.4. The Kier molecular flexibility index (Phi) is 4.26. The number of amides is 1. The van der Waals surface area contributed by atoms with Gasteiger partial charge in [-0.2, -0.15) is 0 Å². The smallest absolute Gasteiger partial charge is 0.270 e. The van der Waals surface area contributed by atoms with Gasteiger partial charge in [0, 0.05) is 17.7 Å². The van der Waals surface area contributed by atoms with Gasteiger partial charge in [-0.3, -0.25) is 20.2 Å². The molecule has 1 heterocycles. The van der Waals surface area contributed by atoms with E-state index in [9.17, 15) is 14.9 Å². The van der Waals surface area contributed by atoms with Gasteiger partial charge in [0.2, 0.25) is 11.0 Å². The molecule has 2 aromatic rings. The highest BCUT2D eigenvalue weighted by atomic mass is 35.5. The third-order valence-corrected chi connectivity index (χ3v) is 3.41. The number of anilines is 1. The van der Waals surface area contributed by atoms with E-state index in [2.05, 4.69) is 15.5 Å². The first-order valence-electron chi connectivity index (χ1n) is 5.50. The predicted octanol–water partition coefficient (Wildman–Crippen LogP) is 2.68. The number of benzene rings is 1. The largest absolute Gasteiger partial charge is 0.299 e. The van der Waals surface area contributed by atoms with Crippen molar-refractivity contribution in [1.82, 2.24) is 10.2 Å². The molecule has 0 fully saturated rings. The van der Waals surface area contributed by atoms with Gasteiger partial charge >= 0.3 is 0 Å². The maximum absolute atomic E-state index is 11.4. The van der Waals surface area contributed by atoms with Crippen molar-refractivity contribution in [2.24, 2.45) is 0 Å². The van der Waals surface area contributed by atoms with Crippen molar-refractivity contribution in [3.8, 4) is 10.6 Å². The Morgan fingerprint density at radius 2 is 2.25 bits per heavy atom. The van der Waals surface area contributed by atoms with Gasteiger partial charge in [0.05, 0.1) is 4.92 Å². The summed E-state index contributed by atoms with van der Waals surface area (Å²) in [7, 11) is 0. The van der Waals surface area contributed by atoms with Crippen molar-refractivity contribution < 1.29 is 9.72 Å². The van der Waals surface area contributed by atoms with Gasteiger partial charge in [-0.15, -0.1) is 21.8 Å². The van der Waals surface area contributed by atoms with Crippen LogP contribution in [0.3, 0.4) is 0 Å². The molecule has 0 bridgehead atoms. The standard InChI is InChI=1S/C11H9ClN4O3S/c1-6(12)9(17)13-11-15-14-10(20-11)7-3-2-4-8(5-7)16(18)19/h2-6H,1H3,(H,13,15,17)/t6-/m0/s1. The van der Waals surface area contributed by atoms with Crippen molar-refractivity contribution in [2.75, 3.05) is 5.32 Å². The molecule has 7 nitrogen and oxygen atoms in total. The van der Waals surface area contributed by atoms with E-state index in [-0.39, 0.29) is 11.6 Å². The Balaban J connectivity index is 2.22. The molecule has 104 valence electrons. The summed E-state index contributed by atoms with van der Waals surface area (Å²) in [6, 6.07) is 6.04. The van der Waals surface area contributed by atoms with Crippen molar-refractivity contribution in [3.63, 3.8) is 0 Å². The maximum Gasteiger partial charge on any atom is 0.270 e. The molecule has 0 radical (unpaired) electrons. The van der Waals surface area contributed by atoms with Gasteiger partial charge in [-0.1, -0.05) is 23.5 Å². The number of aromatic nitrogens is 2. The Morgan fingerprint density at radius 1 is 1.50 bits per heavy atom. The highest BCUT2D eigenvalue weighted by Crippen LogP contribution is 2.28. The van der Waals surface area contributed by atoms with Crippen LogP contribution in [-0.4, -0.2) is 26.4 Å². The van der Waals surface area contributed by atoms with E-state index in [1.54, 1.807) is 19.1 Å².